The third-order valence-electron chi connectivity index (χ3n) is 3.97. The summed E-state index contributed by atoms with van der Waals surface area (Å²) < 4.78 is 5.27. The lowest BCUT2D eigenvalue weighted by atomic mass is 10.1. The Balaban J connectivity index is 1.59. The molecule has 0 aliphatic rings. The molecule has 8 nitrogen and oxygen atoms in total. The van der Waals surface area contributed by atoms with Crippen molar-refractivity contribution in [3.05, 3.63) is 106 Å². The highest BCUT2D eigenvalue weighted by molar-refractivity contribution is 5.92. The number of hydrogen-bond donors (Lipinski definition) is 1. The molecule has 0 heterocycles. The van der Waals surface area contributed by atoms with Crippen molar-refractivity contribution in [1.29, 1.82) is 0 Å². The molecule has 0 saturated carbocycles. The highest BCUT2D eigenvalue weighted by atomic mass is 16.6. The van der Waals surface area contributed by atoms with E-state index in [2.05, 4.69) is 10.5 Å². The van der Waals surface area contributed by atoms with Crippen molar-refractivity contribution in [1.82, 2.24) is 5.43 Å². The molecule has 0 bridgehead atoms. The largest absolute Gasteiger partial charge is 0.423 e. The molecule has 3 aromatic rings. The molecule has 0 aromatic heterocycles. The number of nitrogens with one attached hydrogen (secondary N) is 1. The molecule has 0 fully saturated rings. The van der Waals surface area contributed by atoms with Gasteiger partial charge >= 0.3 is 5.97 Å². The maximum atomic E-state index is 12.2. The van der Waals surface area contributed by atoms with E-state index in [0.29, 0.717) is 5.56 Å². The zero-order valence-electron chi connectivity index (χ0n) is 15.7. The van der Waals surface area contributed by atoms with Crippen molar-refractivity contribution in [3.8, 4) is 5.75 Å². The lowest BCUT2D eigenvalue weighted by Crippen LogP contribution is -2.19. The van der Waals surface area contributed by atoms with E-state index < -0.39 is 10.9 Å². The van der Waals surface area contributed by atoms with Gasteiger partial charge in [-0.25, -0.2) is 10.2 Å². The molecule has 8 heteroatoms. The molecule has 3 rings (SSSR count). The smallest absolute Gasteiger partial charge is 0.343 e. The van der Waals surface area contributed by atoms with Gasteiger partial charge in [0, 0.05) is 12.1 Å². The molecular weight excluding hydrogens is 386 g/mol. The molecule has 0 unspecified atom stereocenters. The van der Waals surface area contributed by atoms with Crippen LogP contribution in [0, 0.1) is 10.1 Å². The van der Waals surface area contributed by atoms with Crippen LogP contribution in [0.15, 0.2) is 84.0 Å². The topological polar surface area (TPSA) is 111 Å². The molecule has 0 radical (unpaired) electrons. The van der Waals surface area contributed by atoms with Crippen LogP contribution < -0.4 is 10.2 Å². The number of non-ortho nitro benzene ring substituents is 1. The maximum Gasteiger partial charge on any atom is 0.343 e. The Hall–Kier alpha value is -4.33. The van der Waals surface area contributed by atoms with E-state index in [9.17, 15) is 19.7 Å². The minimum atomic E-state index is -0.719. The summed E-state index contributed by atoms with van der Waals surface area (Å²) in [6.45, 7) is 0. The number of benzene rings is 3. The summed E-state index contributed by atoms with van der Waals surface area (Å²) >= 11 is 0. The summed E-state index contributed by atoms with van der Waals surface area (Å²) in [5.41, 5.74) is 3.78. The van der Waals surface area contributed by atoms with E-state index in [-0.39, 0.29) is 29.3 Å². The molecule has 3 aromatic carbocycles. The van der Waals surface area contributed by atoms with Crippen LogP contribution in [0.25, 0.3) is 0 Å². The molecule has 0 aliphatic carbocycles. The number of hydrogen-bond acceptors (Lipinski definition) is 6. The van der Waals surface area contributed by atoms with Gasteiger partial charge in [0.1, 0.15) is 5.75 Å². The summed E-state index contributed by atoms with van der Waals surface area (Å²) in [5, 5.41) is 14.7. The summed E-state index contributed by atoms with van der Waals surface area (Å²) in [6, 6.07) is 21.1. The van der Waals surface area contributed by atoms with Crippen molar-refractivity contribution in [2.45, 2.75) is 6.42 Å². The van der Waals surface area contributed by atoms with Crippen LogP contribution in [0.3, 0.4) is 0 Å². The monoisotopic (exact) mass is 403 g/mol. The average molecular weight is 403 g/mol. The standard InChI is InChI=1S/C22H17N3O5/c26-21(13-16-6-2-1-3-7-16)24-23-15-17-8-4-11-20(12-17)30-22(27)18-9-5-10-19(14-18)25(28)29/h1-12,14-15H,13H2,(H,24,26)/b23-15-. The molecule has 0 saturated heterocycles. The minimum Gasteiger partial charge on any atom is -0.423 e. The van der Waals surface area contributed by atoms with Crippen LogP contribution in [0.4, 0.5) is 5.69 Å². The van der Waals surface area contributed by atoms with Gasteiger partial charge in [0.05, 0.1) is 23.1 Å². The van der Waals surface area contributed by atoms with E-state index in [1.807, 2.05) is 30.3 Å². The number of ether oxygens (including phenoxy) is 1. The van der Waals surface area contributed by atoms with Gasteiger partial charge in [0.15, 0.2) is 0 Å². The summed E-state index contributed by atoms with van der Waals surface area (Å²) in [7, 11) is 0. The second kappa shape index (κ2) is 9.74. The first-order valence-electron chi connectivity index (χ1n) is 8.94. The van der Waals surface area contributed by atoms with Gasteiger partial charge in [-0.3, -0.25) is 14.9 Å². The Labute approximate surface area is 172 Å². The second-order valence-electron chi connectivity index (χ2n) is 6.23. The fourth-order valence-corrected chi connectivity index (χ4v) is 2.57. The molecular formula is C22H17N3O5. The predicted molar refractivity (Wildman–Crippen MR) is 110 cm³/mol. The number of nitro groups is 1. The first-order chi connectivity index (χ1) is 14.5. The Morgan fingerprint density at radius 2 is 1.77 bits per heavy atom. The molecule has 1 amide bonds. The first-order valence-corrected chi connectivity index (χ1v) is 8.94. The van der Waals surface area contributed by atoms with Gasteiger partial charge in [-0.05, 0) is 29.3 Å². The molecule has 30 heavy (non-hydrogen) atoms. The van der Waals surface area contributed by atoms with E-state index in [4.69, 9.17) is 4.74 Å². The van der Waals surface area contributed by atoms with Gasteiger partial charge in [-0.2, -0.15) is 5.10 Å². The number of nitrogens with zero attached hydrogens (tertiary/aromatic N) is 2. The average Bonchev–Trinajstić information content (AvgIpc) is 2.75. The zero-order valence-corrected chi connectivity index (χ0v) is 15.7. The number of hydrazone groups is 1. The number of rotatable bonds is 7. The summed E-state index contributed by atoms with van der Waals surface area (Å²) in [4.78, 5) is 34.4. The Kier molecular flexibility index (Phi) is 6.63. The lowest BCUT2D eigenvalue weighted by Gasteiger charge is -2.05. The normalized spacial score (nSPS) is 10.5. The Bertz CT molecular complexity index is 1100. The van der Waals surface area contributed by atoms with Crippen LogP contribution in [0.1, 0.15) is 21.5 Å². The van der Waals surface area contributed by atoms with E-state index >= 15 is 0 Å². The summed E-state index contributed by atoms with van der Waals surface area (Å²) in [5.74, 6) is -0.735. The fourth-order valence-electron chi connectivity index (χ4n) is 2.57. The molecule has 0 atom stereocenters. The van der Waals surface area contributed by atoms with Crippen LogP contribution in [0.2, 0.25) is 0 Å². The van der Waals surface area contributed by atoms with Crippen molar-refractivity contribution < 1.29 is 19.2 Å². The van der Waals surface area contributed by atoms with Gasteiger partial charge in [-0.15, -0.1) is 0 Å². The Morgan fingerprint density at radius 3 is 2.53 bits per heavy atom. The van der Waals surface area contributed by atoms with Crippen molar-refractivity contribution in [2.75, 3.05) is 0 Å². The number of carbonyl (C=O) groups excluding carboxylic acids is 2. The van der Waals surface area contributed by atoms with Crippen LogP contribution in [0.5, 0.6) is 5.75 Å². The van der Waals surface area contributed by atoms with E-state index in [0.717, 1.165) is 11.6 Å². The fraction of sp³-hybridized carbons (Fsp3) is 0.0455. The third-order valence-corrected chi connectivity index (χ3v) is 3.97. The van der Waals surface area contributed by atoms with Crippen molar-refractivity contribution in [2.24, 2.45) is 5.10 Å². The number of nitro benzene ring substituents is 1. The van der Waals surface area contributed by atoms with E-state index in [1.54, 1.807) is 24.3 Å². The van der Waals surface area contributed by atoms with Crippen LogP contribution in [-0.2, 0) is 11.2 Å². The molecule has 0 spiro atoms. The van der Waals surface area contributed by atoms with Gasteiger partial charge in [0.25, 0.3) is 5.69 Å². The van der Waals surface area contributed by atoms with Crippen molar-refractivity contribution >= 4 is 23.8 Å². The summed E-state index contributed by atoms with van der Waals surface area (Å²) in [6.07, 6.45) is 1.63. The van der Waals surface area contributed by atoms with Gasteiger partial charge in [0.2, 0.25) is 5.91 Å². The zero-order chi connectivity index (χ0) is 21.3. The number of amides is 1. The second-order valence-corrected chi connectivity index (χ2v) is 6.23. The molecule has 150 valence electrons. The highest BCUT2D eigenvalue weighted by Crippen LogP contribution is 2.17. The predicted octanol–water partition coefficient (Wildman–Crippen LogP) is 3.51. The lowest BCUT2D eigenvalue weighted by molar-refractivity contribution is -0.384. The number of esters is 1. The number of carbonyl (C=O) groups is 2. The minimum absolute atomic E-state index is 0.0662. The van der Waals surface area contributed by atoms with E-state index in [1.165, 1.54) is 24.4 Å². The SMILES string of the molecule is O=C(Cc1ccccc1)N/N=C\c1cccc(OC(=O)c2cccc([N+](=O)[O-])c2)c1. The van der Waals surface area contributed by atoms with Crippen LogP contribution >= 0.6 is 0 Å². The molecule has 1 N–H and O–H groups in total. The maximum absolute atomic E-state index is 12.2. The first kappa shape index (κ1) is 20.4. The van der Waals surface area contributed by atoms with Gasteiger partial charge in [-0.1, -0.05) is 48.5 Å². The molecule has 0 aliphatic heterocycles. The van der Waals surface area contributed by atoms with Crippen molar-refractivity contribution in [3.63, 3.8) is 0 Å². The van der Waals surface area contributed by atoms with Gasteiger partial charge < -0.3 is 4.74 Å². The van der Waals surface area contributed by atoms with Crippen LogP contribution in [-0.4, -0.2) is 23.0 Å². The highest BCUT2D eigenvalue weighted by Gasteiger charge is 2.13. The Morgan fingerprint density at radius 1 is 1.00 bits per heavy atom. The third kappa shape index (κ3) is 5.83. The quantitative estimate of drug-likeness (QED) is 0.213.